The molecule has 0 bridgehead atoms. The highest BCUT2D eigenvalue weighted by Gasteiger charge is 2.05. The highest BCUT2D eigenvalue weighted by Crippen LogP contribution is 2.24. The summed E-state index contributed by atoms with van der Waals surface area (Å²) in [6, 6.07) is 11.5. The molecule has 0 atom stereocenters. The number of nitrogens with two attached hydrogens (primary N) is 1. The van der Waals surface area contributed by atoms with Crippen LogP contribution in [0.2, 0.25) is 10.0 Å². The summed E-state index contributed by atoms with van der Waals surface area (Å²) in [6.07, 6.45) is 1.40. The van der Waals surface area contributed by atoms with Crippen LogP contribution in [0.4, 0.5) is 0 Å². The van der Waals surface area contributed by atoms with Crippen LogP contribution in [-0.4, -0.2) is 31.2 Å². The van der Waals surface area contributed by atoms with Crippen LogP contribution in [0.3, 0.4) is 0 Å². The van der Waals surface area contributed by atoms with E-state index in [1.807, 2.05) is 0 Å². The molecule has 0 radical (unpaired) electrons. The van der Waals surface area contributed by atoms with Crippen LogP contribution in [0.1, 0.15) is 5.56 Å². The van der Waals surface area contributed by atoms with E-state index in [0.29, 0.717) is 22.1 Å². The average Bonchev–Trinajstić information content (AvgIpc) is 2.59. The highest BCUT2D eigenvalue weighted by atomic mass is 35.5. The van der Waals surface area contributed by atoms with E-state index in [1.54, 1.807) is 42.5 Å². The quantitative estimate of drug-likeness (QED) is 0.528. The summed E-state index contributed by atoms with van der Waals surface area (Å²) in [6.45, 7) is -0.478. The van der Waals surface area contributed by atoms with Crippen molar-refractivity contribution in [1.29, 1.82) is 0 Å². The number of hydrogen-bond acceptors (Lipinski definition) is 5. The molecule has 0 heterocycles. The molecular weight excluding hydrogens is 381 g/mol. The van der Waals surface area contributed by atoms with Crippen molar-refractivity contribution in [1.82, 2.24) is 5.43 Å². The Morgan fingerprint density at radius 2 is 1.92 bits per heavy atom. The Morgan fingerprint density at radius 3 is 2.62 bits per heavy atom. The van der Waals surface area contributed by atoms with E-state index in [4.69, 9.17) is 38.4 Å². The monoisotopic (exact) mass is 395 g/mol. The van der Waals surface area contributed by atoms with Crippen LogP contribution in [-0.2, 0) is 9.59 Å². The molecule has 0 unspecified atom stereocenters. The Kier molecular flexibility index (Phi) is 7.25. The molecule has 2 rings (SSSR count). The number of nitrogens with zero attached hydrogens (tertiary/aromatic N) is 1. The first-order valence-electron chi connectivity index (χ1n) is 7.35. The second-order valence-electron chi connectivity index (χ2n) is 4.98. The zero-order valence-electron chi connectivity index (χ0n) is 13.4. The summed E-state index contributed by atoms with van der Waals surface area (Å²) in [5, 5.41) is 4.61. The van der Waals surface area contributed by atoms with Gasteiger partial charge in [0.15, 0.2) is 13.2 Å². The molecule has 7 nitrogen and oxygen atoms in total. The average molecular weight is 396 g/mol. The molecule has 2 amide bonds. The minimum atomic E-state index is -0.602. The van der Waals surface area contributed by atoms with Crippen molar-refractivity contribution < 1.29 is 19.1 Å². The Balaban J connectivity index is 1.82. The molecule has 0 fully saturated rings. The van der Waals surface area contributed by atoms with Crippen molar-refractivity contribution in [3.63, 3.8) is 0 Å². The summed E-state index contributed by atoms with van der Waals surface area (Å²) in [7, 11) is 0. The van der Waals surface area contributed by atoms with E-state index in [0.717, 1.165) is 0 Å². The fourth-order valence-electron chi connectivity index (χ4n) is 1.78. The number of hydrogen-bond donors (Lipinski definition) is 2. The zero-order valence-corrected chi connectivity index (χ0v) is 15.0. The number of amides is 2. The standard InChI is InChI=1S/C17H15Cl2N3O4/c18-12-2-1-3-13(7-12)25-10-17(24)22-21-8-11-4-5-15(14(19)6-11)26-9-16(20)23/h1-8H,9-10H2,(H2,20,23)(H,22,24). The van der Waals surface area contributed by atoms with E-state index in [2.05, 4.69) is 10.5 Å². The highest BCUT2D eigenvalue weighted by molar-refractivity contribution is 6.32. The smallest absolute Gasteiger partial charge is 0.277 e. The number of carbonyl (C=O) groups is 2. The van der Waals surface area contributed by atoms with Gasteiger partial charge in [-0.25, -0.2) is 5.43 Å². The molecular formula is C17H15Cl2N3O4. The van der Waals surface area contributed by atoms with Gasteiger partial charge >= 0.3 is 0 Å². The molecule has 2 aromatic rings. The van der Waals surface area contributed by atoms with Crippen LogP contribution in [0.25, 0.3) is 0 Å². The molecule has 0 aliphatic carbocycles. The van der Waals surface area contributed by atoms with Gasteiger partial charge in [0.2, 0.25) is 0 Å². The lowest BCUT2D eigenvalue weighted by Gasteiger charge is -2.06. The van der Waals surface area contributed by atoms with Crippen molar-refractivity contribution in [2.45, 2.75) is 0 Å². The number of halogens is 2. The predicted molar refractivity (Wildman–Crippen MR) is 98.8 cm³/mol. The topological polar surface area (TPSA) is 103 Å². The van der Waals surface area contributed by atoms with Crippen LogP contribution >= 0.6 is 23.2 Å². The minimum absolute atomic E-state index is 0.210. The third-order valence-electron chi connectivity index (χ3n) is 2.89. The van der Waals surface area contributed by atoms with Gasteiger partial charge in [-0.2, -0.15) is 5.10 Å². The predicted octanol–water partition coefficient (Wildman–Crippen LogP) is 2.39. The number of benzene rings is 2. The first-order valence-corrected chi connectivity index (χ1v) is 8.10. The molecule has 136 valence electrons. The number of rotatable bonds is 8. The maximum Gasteiger partial charge on any atom is 0.277 e. The van der Waals surface area contributed by atoms with Crippen molar-refractivity contribution in [3.05, 3.63) is 58.1 Å². The summed E-state index contributed by atoms with van der Waals surface area (Å²) < 4.78 is 10.4. The first-order chi connectivity index (χ1) is 12.4. The number of nitrogens with one attached hydrogen (secondary N) is 1. The lowest BCUT2D eigenvalue weighted by Crippen LogP contribution is -2.24. The Morgan fingerprint density at radius 1 is 1.12 bits per heavy atom. The van der Waals surface area contributed by atoms with Gasteiger partial charge in [-0.15, -0.1) is 0 Å². The normalized spacial score (nSPS) is 10.5. The lowest BCUT2D eigenvalue weighted by atomic mass is 10.2. The number of ether oxygens (including phenoxy) is 2. The van der Waals surface area contributed by atoms with Crippen molar-refractivity contribution in [2.75, 3.05) is 13.2 Å². The van der Waals surface area contributed by atoms with Crippen LogP contribution < -0.4 is 20.6 Å². The number of hydrazone groups is 1. The summed E-state index contributed by atoms with van der Waals surface area (Å²) in [4.78, 5) is 22.4. The van der Waals surface area contributed by atoms with Gasteiger partial charge in [0, 0.05) is 5.02 Å². The van der Waals surface area contributed by atoms with E-state index in [9.17, 15) is 9.59 Å². The van der Waals surface area contributed by atoms with Gasteiger partial charge < -0.3 is 15.2 Å². The van der Waals surface area contributed by atoms with E-state index < -0.39 is 11.8 Å². The molecule has 2 aromatic carbocycles. The van der Waals surface area contributed by atoms with Gasteiger partial charge in [0.1, 0.15) is 11.5 Å². The molecule has 3 N–H and O–H groups in total. The third kappa shape index (κ3) is 6.62. The molecule has 0 aromatic heterocycles. The molecule has 9 heteroatoms. The summed E-state index contributed by atoms with van der Waals surface area (Å²) in [5.41, 5.74) is 7.95. The maximum absolute atomic E-state index is 11.7. The van der Waals surface area contributed by atoms with Crippen LogP contribution in [0.5, 0.6) is 11.5 Å². The fourth-order valence-corrected chi connectivity index (χ4v) is 2.20. The molecule has 26 heavy (non-hydrogen) atoms. The van der Waals surface area contributed by atoms with Crippen molar-refractivity contribution in [3.8, 4) is 11.5 Å². The zero-order chi connectivity index (χ0) is 18.9. The van der Waals surface area contributed by atoms with Gasteiger partial charge in [-0.05, 0) is 42.0 Å². The third-order valence-corrected chi connectivity index (χ3v) is 3.43. The second kappa shape index (κ2) is 9.65. The van der Waals surface area contributed by atoms with E-state index in [1.165, 1.54) is 6.21 Å². The van der Waals surface area contributed by atoms with Crippen LogP contribution in [0, 0.1) is 0 Å². The lowest BCUT2D eigenvalue weighted by molar-refractivity contribution is -0.123. The Bertz CT molecular complexity index is 827. The molecule has 0 saturated carbocycles. The minimum Gasteiger partial charge on any atom is -0.484 e. The van der Waals surface area contributed by atoms with Crippen molar-refractivity contribution in [2.24, 2.45) is 10.8 Å². The van der Waals surface area contributed by atoms with Crippen molar-refractivity contribution >= 4 is 41.2 Å². The number of carbonyl (C=O) groups excluding carboxylic acids is 2. The van der Waals surface area contributed by atoms with E-state index >= 15 is 0 Å². The van der Waals surface area contributed by atoms with Gasteiger partial charge in [-0.3, -0.25) is 9.59 Å². The molecule has 0 aliphatic rings. The Hall–Kier alpha value is -2.77. The fraction of sp³-hybridized carbons (Fsp3) is 0.118. The second-order valence-corrected chi connectivity index (χ2v) is 5.83. The van der Waals surface area contributed by atoms with Crippen LogP contribution in [0.15, 0.2) is 47.6 Å². The first kappa shape index (κ1) is 19.6. The van der Waals surface area contributed by atoms with E-state index in [-0.39, 0.29) is 18.2 Å². The van der Waals surface area contributed by atoms with Gasteiger partial charge in [0.05, 0.1) is 11.2 Å². The van der Waals surface area contributed by atoms with Gasteiger partial charge in [-0.1, -0.05) is 29.3 Å². The molecule has 0 aliphatic heterocycles. The summed E-state index contributed by atoms with van der Waals surface area (Å²) in [5.74, 6) is -0.236. The maximum atomic E-state index is 11.7. The Labute approximate surface area is 159 Å². The number of primary amides is 1. The SMILES string of the molecule is NC(=O)COc1ccc(C=NNC(=O)COc2cccc(Cl)c2)cc1Cl. The van der Waals surface area contributed by atoms with Gasteiger partial charge in [0.25, 0.3) is 11.8 Å². The largest absolute Gasteiger partial charge is 0.484 e. The molecule has 0 saturated heterocycles. The molecule has 0 spiro atoms. The summed E-state index contributed by atoms with van der Waals surface area (Å²) >= 11 is 11.9.